The predicted octanol–water partition coefficient (Wildman–Crippen LogP) is 10.6. The molecule has 0 aliphatic carbocycles. The number of hydrogen-bond donors (Lipinski definition) is 0. The highest BCUT2D eigenvalue weighted by Gasteiger charge is 2.34. The van der Waals surface area contributed by atoms with Gasteiger partial charge in [-0.25, -0.2) is 9.97 Å². The minimum Gasteiger partial charge on any atom is -0.228 e. The van der Waals surface area contributed by atoms with E-state index in [0.717, 1.165) is 33.5 Å². The molecule has 0 fully saturated rings. The van der Waals surface area contributed by atoms with Crippen molar-refractivity contribution in [2.24, 2.45) is 0 Å². The van der Waals surface area contributed by atoms with Crippen molar-refractivity contribution >= 4 is 33.4 Å². The highest BCUT2D eigenvalue weighted by atomic mass is 32.2. The van der Waals surface area contributed by atoms with Gasteiger partial charge in [-0.15, -0.1) is 0 Å². The maximum atomic E-state index is 5.25. The molecule has 0 saturated carbocycles. The fourth-order valence-electron chi connectivity index (χ4n) is 6.36. The number of para-hydroxylation sites is 1. The summed E-state index contributed by atoms with van der Waals surface area (Å²) >= 11 is 1.88. The molecule has 6 aromatic carbocycles. The average molecular weight is 557 g/mol. The highest BCUT2D eigenvalue weighted by molar-refractivity contribution is 7.99. The average Bonchev–Trinajstić information content (AvgIpc) is 3.04. The summed E-state index contributed by atoms with van der Waals surface area (Å²) in [5.74, 6) is 0.738. The summed E-state index contributed by atoms with van der Waals surface area (Å²) in [6, 6.07) is 47.5. The van der Waals surface area contributed by atoms with Gasteiger partial charge in [0.1, 0.15) is 0 Å². The van der Waals surface area contributed by atoms with Crippen LogP contribution >= 0.6 is 11.8 Å². The SMILES string of the molecule is CC1(C)c2ccccc2Sc2c(-c3cccc(-c4nc(-c5cccc6ccccc56)c5ccccc5n4)c3)cccc21. The van der Waals surface area contributed by atoms with Gasteiger partial charge in [-0.1, -0.05) is 141 Å². The molecule has 200 valence electrons. The van der Waals surface area contributed by atoms with Crippen LogP contribution in [0.5, 0.6) is 0 Å². The Labute approximate surface area is 250 Å². The second-order valence-corrected chi connectivity index (χ2v) is 12.5. The topological polar surface area (TPSA) is 25.8 Å². The van der Waals surface area contributed by atoms with Crippen LogP contribution in [-0.4, -0.2) is 9.97 Å². The number of hydrogen-bond acceptors (Lipinski definition) is 3. The summed E-state index contributed by atoms with van der Waals surface area (Å²) in [5.41, 5.74) is 9.15. The van der Waals surface area contributed by atoms with Gasteiger partial charge >= 0.3 is 0 Å². The number of fused-ring (bicyclic) bond motifs is 4. The summed E-state index contributed by atoms with van der Waals surface area (Å²) in [6.45, 7) is 4.67. The Kier molecular flexibility index (Phi) is 5.77. The van der Waals surface area contributed by atoms with Gasteiger partial charge in [0.2, 0.25) is 0 Å². The molecule has 42 heavy (non-hydrogen) atoms. The molecule has 0 unspecified atom stereocenters. The minimum absolute atomic E-state index is 0.0698. The van der Waals surface area contributed by atoms with Crippen LogP contribution in [0, 0.1) is 0 Å². The summed E-state index contributed by atoms with van der Waals surface area (Å²) in [7, 11) is 0. The van der Waals surface area contributed by atoms with E-state index in [-0.39, 0.29) is 5.41 Å². The molecule has 2 heterocycles. The molecule has 8 rings (SSSR count). The van der Waals surface area contributed by atoms with E-state index < -0.39 is 0 Å². The molecule has 0 saturated heterocycles. The maximum Gasteiger partial charge on any atom is 0.160 e. The molecule has 1 aromatic heterocycles. The Morgan fingerprint density at radius 2 is 1.21 bits per heavy atom. The van der Waals surface area contributed by atoms with Gasteiger partial charge in [0.05, 0.1) is 11.2 Å². The maximum absolute atomic E-state index is 5.25. The van der Waals surface area contributed by atoms with Gasteiger partial charge in [0.25, 0.3) is 0 Å². The van der Waals surface area contributed by atoms with Crippen LogP contribution < -0.4 is 0 Å². The molecule has 0 amide bonds. The first-order valence-electron chi connectivity index (χ1n) is 14.3. The third-order valence-corrected chi connectivity index (χ3v) is 9.76. The van der Waals surface area contributed by atoms with Gasteiger partial charge in [0, 0.05) is 31.7 Å². The van der Waals surface area contributed by atoms with Crippen molar-refractivity contribution in [1.29, 1.82) is 0 Å². The van der Waals surface area contributed by atoms with Crippen molar-refractivity contribution in [1.82, 2.24) is 9.97 Å². The lowest BCUT2D eigenvalue weighted by Crippen LogP contribution is -2.23. The van der Waals surface area contributed by atoms with E-state index in [0.29, 0.717) is 0 Å². The van der Waals surface area contributed by atoms with E-state index in [9.17, 15) is 0 Å². The summed E-state index contributed by atoms with van der Waals surface area (Å²) < 4.78 is 0. The molecule has 0 N–H and O–H groups in total. The lowest BCUT2D eigenvalue weighted by molar-refractivity contribution is 0.608. The van der Waals surface area contributed by atoms with E-state index >= 15 is 0 Å². The van der Waals surface area contributed by atoms with E-state index in [4.69, 9.17) is 9.97 Å². The highest BCUT2D eigenvalue weighted by Crippen LogP contribution is 2.52. The number of aromatic nitrogens is 2. The quantitative estimate of drug-likeness (QED) is 0.216. The van der Waals surface area contributed by atoms with E-state index in [1.807, 2.05) is 11.8 Å². The third-order valence-electron chi connectivity index (χ3n) is 8.54. The lowest BCUT2D eigenvalue weighted by atomic mass is 9.77. The fraction of sp³-hybridized carbons (Fsp3) is 0.0769. The molecule has 0 bridgehead atoms. The first-order valence-corrected chi connectivity index (χ1v) is 15.2. The second kappa shape index (κ2) is 9.68. The smallest absolute Gasteiger partial charge is 0.160 e. The minimum atomic E-state index is -0.0698. The van der Waals surface area contributed by atoms with Crippen molar-refractivity contribution < 1.29 is 0 Å². The summed E-state index contributed by atoms with van der Waals surface area (Å²) in [5, 5.41) is 3.46. The Bertz CT molecular complexity index is 2160. The van der Waals surface area contributed by atoms with Crippen LogP contribution in [0.2, 0.25) is 0 Å². The van der Waals surface area contributed by atoms with Gasteiger partial charge in [-0.05, 0) is 51.2 Å². The molecule has 1 aliphatic rings. The number of nitrogens with zero attached hydrogens (tertiary/aromatic N) is 2. The monoisotopic (exact) mass is 556 g/mol. The van der Waals surface area contributed by atoms with Crippen LogP contribution in [0.3, 0.4) is 0 Å². The van der Waals surface area contributed by atoms with Crippen LogP contribution in [0.1, 0.15) is 25.0 Å². The van der Waals surface area contributed by atoms with Crippen LogP contribution in [-0.2, 0) is 5.41 Å². The van der Waals surface area contributed by atoms with Crippen LogP contribution in [0.15, 0.2) is 143 Å². The molecular weight excluding hydrogens is 529 g/mol. The van der Waals surface area contributed by atoms with Gasteiger partial charge in [-0.2, -0.15) is 0 Å². The zero-order valence-electron chi connectivity index (χ0n) is 23.5. The molecule has 0 atom stereocenters. The van der Waals surface area contributed by atoms with Crippen molar-refractivity contribution in [3.8, 4) is 33.8 Å². The van der Waals surface area contributed by atoms with Gasteiger partial charge in [0.15, 0.2) is 5.82 Å². The Hall–Kier alpha value is -4.73. The lowest BCUT2D eigenvalue weighted by Gasteiger charge is -2.35. The Balaban J connectivity index is 1.30. The summed E-state index contributed by atoms with van der Waals surface area (Å²) in [4.78, 5) is 13.0. The van der Waals surface area contributed by atoms with Crippen molar-refractivity contribution in [2.45, 2.75) is 29.1 Å². The number of rotatable bonds is 3. The molecular formula is C39H28N2S. The van der Waals surface area contributed by atoms with Gasteiger partial charge in [-0.3, -0.25) is 0 Å². The zero-order chi connectivity index (χ0) is 28.3. The van der Waals surface area contributed by atoms with Crippen molar-refractivity contribution in [3.05, 3.63) is 145 Å². The molecule has 2 nitrogen and oxygen atoms in total. The third kappa shape index (κ3) is 3.96. The molecule has 3 heteroatoms. The standard InChI is InChI=1S/C39H28N2S/c1-39(2)32-20-6-8-23-35(32)42-37-29(18-11-21-33(37)39)26-14-9-15-27(24-26)38-40-34-22-7-5-17-31(34)36(41-38)30-19-10-13-25-12-3-4-16-28(25)30/h3-24H,1-2H3. The molecule has 0 radical (unpaired) electrons. The van der Waals surface area contributed by atoms with Crippen molar-refractivity contribution in [2.75, 3.05) is 0 Å². The first-order chi connectivity index (χ1) is 20.6. The number of benzene rings is 6. The van der Waals surface area contributed by atoms with E-state index in [2.05, 4.69) is 147 Å². The zero-order valence-corrected chi connectivity index (χ0v) is 24.3. The van der Waals surface area contributed by atoms with E-state index in [1.165, 1.54) is 42.8 Å². The normalized spacial score (nSPS) is 13.6. The van der Waals surface area contributed by atoms with Crippen LogP contribution in [0.25, 0.3) is 55.4 Å². The Morgan fingerprint density at radius 1 is 0.548 bits per heavy atom. The molecule has 1 aliphatic heterocycles. The van der Waals surface area contributed by atoms with E-state index in [1.54, 1.807) is 0 Å². The fourth-order valence-corrected chi connectivity index (χ4v) is 7.89. The first kappa shape index (κ1) is 25.0. The van der Waals surface area contributed by atoms with Crippen molar-refractivity contribution in [3.63, 3.8) is 0 Å². The summed E-state index contributed by atoms with van der Waals surface area (Å²) in [6.07, 6.45) is 0. The predicted molar refractivity (Wildman–Crippen MR) is 176 cm³/mol. The molecule has 7 aromatic rings. The largest absolute Gasteiger partial charge is 0.228 e. The second-order valence-electron chi connectivity index (χ2n) is 11.4. The Morgan fingerprint density at radius 3 is 2.14 bits per heavy atom. The van der Waals surface area contributed by atoms with Gasteiger partial charge < -0.3 is 0 Å². The molecule has 0 spiro atoms. The van der Waals surface area contributed by atoms with Crippen LogP contribution in [0.4, 0.5) is 0 Å².